The molecule has 0 fully saturated rings. The van der Waals surface area contributed by atoms with E-state index in [4.69, 9.17) is 4.52 Å². The van der Waals surface area contributed by atoms with Gasteiger partial charge in [0, 0.05) is 11.8 Å². The fraction of sp³-hybridized carbons (Fsp3) is 0.158. The van der Waals surface area contributed by atoms with Crippen molar-refractivity contribution in [3.8, 4) is 0 Å². The van der Waals surface area contributed by atoms with Gasteiger partial charge in [0.05, 0.1) is 0 Å². The third kappa shape index (κ3) is 3.81. The van der Waals surface area contributed by atoms with Gasteiger partial charge in [-0.1, -0.05) is 53.2 Å². The van der Waals surface area contributed by atoms with Crippen LogP contribution in [0.25, 0.3) is 0 Å². The van der Waals surface area contributed by atoms with Crippen molar-refractivity contribution in [3.63, 3.8) is 0 Å². The zero-order valence-corrected chi connectivity index (χ0v) is 13.6. The number of hydrogen-bond donors (Lipinski definition) is 2. The quantitative estimate of drug-likeness (QED) is 0.743. The number of aryl methyl sites for hydroxylation is 2. The van der Waals surface area contributed by atoms with E-state index < -0.39 is 6.04 Å². The number of aromatic nitrogens is 1. The van der Waals surface area contributed by atoms with Crippen LogP contribution in [0.4, 0.5) is 11.5 Å². The molecule has 0 bridgehead atoms. The summed E-state index contributed by atoms with van der Waals surface area (Å²) in [6, 6.07) is 18.6. The van der Waals surface area contributed by atoms with Gasteiger partial charge in [-0.25, -0.2) is 0 Å². The molecule has 0 aliphatic rings. The second kappa shape index (κ2) is 7.00. The zero-order valence-electron chi connectivity index (χ0n) is 13.6. The van der Waals surface area contributed by atoms with Crippen molar-refractivity contribution in [2.45, 2.75) is 19.9 Å². The Hall–Kier alpha value is -3.08. The van der Waals surface area contributed by atoms with Gasteiger partial charge in [-0.15, -0.1) is 0 Å². The average Bonchev–Trinajstić information content (AvgIpc) is 3.00. The van der Waals surface area contributed by atoms with Gasteiger partial charge >= 0.3 is 0 Å². The Labute approximate surface area is 140 Å². The highest BCUT2D eigenvalue weighted by atomic mass is 16.5. The monoisotopic (exact) mass is 321 g/mol. The van der Waals surface area contributed by atoms with Gasteiger partial charge in [-0.05, 0) is 31.5 Å². The normalized spacial score (nSPS) is 11.8. The van der Waals surface area contributed by atoms with E-state index in [-0.39, 0.29) is 5.91 Å². The third-order valence-corrected chi connectivity index (χ3v) is 3.64. The highest BCUT2D eigenvalue weighted by Crippen LogP contribution is 2.22. The first-order valence-electron chi connectivity index (χ1n) is 7.74. The molecule has 2 N–H and O–H groups in total. The van der Waals surface area contributed by atoms with Crippen molar-refractivity contribution in [3.05, 3.63) is 77.6 Å². The lowest BCUT2D eigenvalue weighted by molar-refractivity contribution is -0.117. The predicted octanol–water partition coefficient (Wildman–Crippen LogP) is 4.08. The first-order chi connectivity index (χ1) is 11.6. The van der Waals surface area contributed by atoms with E-state index in [1.807, 2.05) is 61.5 Å². The lowest BCUT2D eigenvalue weighted by Crippen LogP contribution is -2.27. The molecule has 3 rings (SSSR count). The molecular weight excluding hydrogens is 302 g/mol. The Morgan fingerprint density at radius 1 is 1.04 bits per heavy atom. The van der Waals surface area contributed by atoms with Crippen molar-refractivity contribution in [1.29, 1.82) is 0 Å². The maximum atomic E-state index is 12.7. The highest BCUT2D eigenvalue weighted by molar-refractivity contribution is 5.96. The van der Waals surface area contributed by atoms with Crippen LogP contribution in [0, 0.1) is 13.8 Å². The summed E-state index contributed by atoms with van der Waals surface area (Å²) in [5.41, 5.74) is 2.91. The van der Waals surface area contributed by atoms with Crippen LogP contribution >= 0.6 is 0 Å². The molecule has 0 aliphatic heterocycles. The minimum atomic E-state index is -0.536. The van der Waals surface area contributed by atoms with E-state index in [0.717, 1.165) is 11.3 Å². The standard InChI is InChI=1S/C19H19N3O2/c1-13-8-10-16(11-9-13)20-18(15-6-4-3-5-7-15)19(23)21-17-12-14(2)24-22-17/h3-12,18,20H,1-2H3,(H,21,22,23). The fourth-order valence-corrected chi connectivity index (χ4v) is 2.39. The third-order valence-electron chi connectivity index (χ3n) is 3.64. The number of rotatable bonds is 5. The molecule has 1 atom stereocenters. The molecule has 5 nitrogen and oxygen atoms in total. The molecule has 1 aromatic heterocycles. The highest BCUT2D eigenvalue weighted by Gasteiger charge is 2.21. The van der Waals surface area contributed by atoms with E-state index in [2.05, 4.69) is 15.8 Å². The first kappa shape index (κ1) is 15.8. The average molecular weight is 321 g/mol. The van der Waals surface area contributed by atoms with Crippen LogP contribution in [0.3, 0.4) is 0 Å². The van der Waals surface area contributed by atoms with Gasteiger partial charge in [0.15, 0.2) is 5.82 Å². The largest absolute Gasteiger partial charge is 0.370 e. The molecule has 3 aromatic rings. The van der Waals surface area contributed by atoms with E-state index in [1.54, 1.807) is 13.0 Å². The summed E-state index contributed by atoms with van der Waals surface area (Å²) >= 11 is 0. The van der Waals surface area contributed by atoms with Crippen LogP contribution in [-0.4, -0.2) is 11.1 Å². The lowest BCUT2D eigenvalue weighted by Gasteiger charge is -2.19. The fourth-order valence-electron chi connectivity index (χ4n) is 2.39. The molecule has 0 aliphatic carbocycles. The van der Waals surface area contributed by atoms with Gasteiger partial charge in [0.2, 0.25) is 0 Å². The molecule has 1 unspecified atom stereocenters. The second-order valence-corrected chi connectivity index (χ2v) is 5.67. The molecule has 1 amide bonds. The molecule has 0 saturated carbocycles. The van der Waals surface area contributed by atoms with Crippen molar-refractivity contribution < 1.29 is 9.32 Å². The Kier molecular flexibility index (Phi) is 4.61. The number of benzene rings is 2. The summed E-state index contributed by atoms with van der Waals surface area (Å²) in [5, 5.41) is 9.88. The number of anilines is 2. The lowest BCUT2D eigenvalue weighted by atomic mass is 10.1. The van der Waals surface area contributed by atoms with E-state index >= 15 is 0 Å². The van der Waals surface area contributed by atoms with Gasteiger partial charge in [-0.2, -0.15) is 0 Å². The van der Waals surface area contributed by atoms with Crippen LogP contribution in [0.1, 0.15) is 22.9 Å². The van der Waals surface area contributed by atoms with Gasteiger partial charge in [0.1, 0.15) is 11.8 Å². The summed E-state index contributed by atoms with van der Waals surface area (Å²) in [5.74, 6) is 0.854. The Bertz CT molecular complexity index is 810. The Morgan fingerprint density at radius 2 is 1.75 bits per heavy atom. The molecule has 1 heterocycles. The summed E-state index contributed by atoms with van der Waals surface area (Å²) in [6.45, 7) is 3.81. The van der Waals surface area contributed by atoms with E-state index in [0.29, 0.717) is 11.6 Å². The second-order valence-electron chi connectivity index (χ2n) is 5.67. The van der Waals surface area contributed by atoms with Crippen molar-refractivity contribution in [2.24, 2.45) is 0 Å². The molecule has 5 heteroatoms. The van der Waals surface area contributed by atoms with Crippen molar-refractivity contribution in [2.75, 3.05) is 10.6 Å². The molecule has 0 saturated heterocycles. The molecule has 122 valence electrons. The SMILES string of the molecule is Cc1ccc(NC(C(=O)Nc2cc(C)on2)c2ccccc2)cc1. The molecular formula is C19H19N3O2. The number of nitrogens with zero attached hydrogens (tertiary/aromatic N) is 1. The topological polar surface area (TPSA) is 67.2 Å². The number of carbonyl (C=O) groups excluding carboxylic acids is 1. The Morgan fingerprint density at radius 3 is 2.38 bits per heavy atom. The smallest absolute Gasteiger partial charge is 0.252 e. The number of hydrogen-bond acceptors (Lipinski definition) is 4. The summed E-state index contributed by atoms with van der Waals surface area (Å²) in [4.78, 5) is 12.7. The van der Waals surface area contributed by atoms with Crippen LogP contribution < -0.4 is 10.6 Å². The summed E-state index contributed by atoms with van der Waals surface area (Å²) in [7, 11) is 0. The van der Waals surface area contributed by atoms with Crippen LogP contribution in [0.2, 0.25) is 0 Å². The Balaban J connectivity index is 1.84. The summed E-state index contributed by atoms with van der Waals surface area (Å²) < 4.78 is 5.00. The van der Waals surface area contributed by atoms with Crippen LogP contribution in [0.5, 0.6) is 0 Å². The zero-order chi connectivity index (χ0) is 16.9. The van der Waals surface area contributed by atoms with Crippen molar-refractivity contribution >= 4 is 17.4 Å². The minimum Gasteiger partial charge on any atom is -0.370 e. The molecule has 0 radical (unpaired) electrons. The maximum absolute atomic E-state index is 12.7. The number of nitrogens with one attached hydrogen (secondary N) is 2. The van der Waals surface area contributed by atoms with Gasteiger partial charge < -0.3 is 15.2 Å². The number of carbonyl (C=O) groups is 1. The van der Waals surface area contributed by atoms with E-state index in [1.165, 1.54) is 5.56 Å². The van der Waals surface area contributed by atoms with Gasteiger partial charge in [0.25, 0.3) is 5.91 Å². The van der Waals surface area contributed by atoms with Crippen LogP contribution in [-0.2, 0) is 4.79 Å². The summed E-state index contributed by atoms with van der Waals surface area (Å²) in [6.07, 6.45) is 0. The maximum Gasteiger partial charge on any atom is 0.252 e. The van der Waals surface area contributed by atoms with Crippen molar-refractivity contribution in [1.82, 2.24) is 5.16 Å². The van der Waals surface area contributed by atoms with E-state index in [9.17, 15) is 4.79 Å². The molecule has 2 aromatic carbocycles. The first-order valence-corrected chi connectivity index (χ1v) is 7.74. The molecule has 0 spiro atoms. The molecule has 24 heavy (non-hydrogen) atoms. The van der Waals surface area contributed by atoms with Gasteiger partial charge in [-0.3, -0.25) is 4.79 Å². The predicted molar refractivity (Wildman–Crippen MR) is 93.9 cm³/mol. The van der Waals surface area contributed by atoms with Crippen LogP contribution in [0.15, 0.2) is 65.2 Å². The minimum absolute atomic E-state index is 0.199. The number of amides is 1.